The molecule has 2 aliphatic heterocycles. The summed E-state index contributed by atoms with van der Waals surface area (Å²) in [6, 6.07) is 2.15. The van der Waals surface area contributed by atoms with Crippen LogP contribution in [0.1, 0.15) is 55.9 Å². The van der Waals surface area contributed by atoms with Crippen LogP contribution in [0.25, 0.3) is 0 Å². The van der Waals surface area contributed by atoms with E-state index in [2.05, 4.69) is 53.4 Å². The highest BCUT2D eigenvalue weighted by molar-refractivity contribution is 5.95. The van der Waals surface area contributed by atoms with Crippen LogP contribution >= 0.6 is 0 Å². The van der Waals surface area contributed by atoms with E-state index in [1.54, 1.807) is 0 Å². The Balaban J connectivity index is 1.72. The average molecular weight is 435 g/mol. The summed E-state index contributed by atoms with van der Waals surface area (Å²) >= 11 is 0. The predicted octanol–water partition coefficient (Wildman–Crippen LogP) is 2.13. The molecule has 7 nitrogen and oxygen atoms in total. The fourth-order valence-corrected chi connectivity index (χ4v) is 4.48. The van der Waals surface area contributed by atoms with E-state index in [1.807, 2.05) is 0 Å². The van der Waals surface area contributed by atoms with Crippen molar-refractivity contribution in [3.8, 4) is 0 Å². The van der Waals surface area contributed by atoms with E-state index in [1.165, 1.54) is 11.4 Å². The van der Waals surface area contributed by atoms with Gasteiger partial charge in [0.15, 0.2) is 0 Å². The summed E-state index contributed by atoms with van der Waals surface area (Å²) in [6.07, 6.45) is 1.95. The van der Waals surface area contributed by atoms with Gasteiger partial charge in [0.25, 0.3) is 5.91 Å². The molecule has 1 N–H and O–H groups in total. The largest absolute Gasteiger partial charge is 0.379 e. The molecular formula is C24H42N4O3. The summed E-state index contributed by atoms with van der Waals surface area (Å²) in [4.78, 5) is 18.0. The minimum atomic E-state index is -0.0141. The molecule has 0 aliphatic carbocycles. The topological polar surface area (TPSA) is 59.0 Å². The number of morpholine rings is 2. The van der Waals surface area contributed by atoms with Gasteiger partial charge in [0.05, 0.1) is 32.0 Å². The third kappa shape index (κ3) is 6.78. The number of ether oxygens (including phenoxy) is 2. The molecule has 7 heteroatoms. The standard InChI is InChI=1S/C24H42N4O3/c1-5-6-21-20(23(29)25-7-8-26-11-15-30-16-12-26)19-22(24(2,3)4)28(21)10-9-27-13-17-31-18-14-27/h19H,5-18H2,1-4H3,(H,25,29). The van der Waals surface area contributed by atoms with E-state index < -0.39 is 0 Å². The minimum Gasteiger partial charge on any atom is -0.379 e. The molecule has 0 saturated carbocycles. The lowest BCUT2D eigenvalue weighted by molar-refractivity contribution is 0.0361. The molecule has 0 spiro atoms. The number of hydrogen-bond donors (Lipinski definition) is 1. The molecule has 2 saturated heterocycles. The van der Waals surface area contributed by atoms with E-state index >= 15 is 0 Å². The summed E-state index contributed by atoms with van der Waals surface area (Å²) in [5.74, 6) is 0.0623. The molecule has 2 fully saturated rings. The molecule has 0 atom stereocenters. The highest BCUT2D eigenvalue weighted by Crippen LogP contribution is 2.29. The van der Waals surface area contributed by atoms with Crippen LogP contribution in [0.2, 0.25) is 0 Å². The number of carbonyl (C=O) groups is 1. The summed E-state index contributed by atoms with van der Waals surface area (Å²) in [5, 5.41) is 3.18. The Bertz CT molecular complexity index is 698. The van der Waals surface area contributed by atoms with Crippen LogP contribution in [-0.2, 0) is 27.9 Å². The van der Waals surface area contributed by atoms with Gasteiger partial charge >= 0.3 is 0 Å². The Morgan fingerprint density at radius 1 is 0.968 bits per heavy atom. The van der Waals surface area contributed by atoms with Gasteiger partial charge in [-0.1, -0.05) is 34.1 Å². The molecule has 0 bridgehead atoms. The van der Waals surface area contributed by atoms with E-state index in [9.17, 15) is 4.79 Å². The molecular weight excluding hydrogens is 392 g/mol. The van der Waals surface area contributed by atoms with E-state index in [-0.39, 0.29) is 11.3 Å². The van der Waals surface area contributed by atoms with Crippen molar-refractivity contribution in [3.63, 3.8) is 0 Å². The van der Waals surface area contributed by atoms with Crippen molar-refractivity contribution >= 4 is 5.91 Å². The van der Waals surface area contributed by atoms with Crippen molar-refractivity contribution in [2.24, 2.45) is 0 Å². The van der Waals surface area contributed by atoms with Gasteiger partial charge in [-0.15, -0.1) is 0 Å². The second-order valence-corrected chi connectivity index (χ2v) is 9.71. The second kappa shape index (κ2) is 11.5. The third-order valence-corrected chi connectivity index (χ3v) is 6.27. The molecule has 1 aromatic rings. The van der Waals surface area contributed by atoms with Crippen molar-refractivity contribution in [2.75, 3.05) is 72.2 Å². The summed E-state index contributed by atoms with van der Waals surface area (Å²) in [7, 11) is 0. The highest BCUT2D eigenvalue weighted by Gasteiger charge is 2.26. The molecule has 0 unspecified atom stereocenters. The van der Waals surface area contributed by atoms with Gasteiger partial charge in [-0.2, -0.15) is 0 Å². The summed E-state index contributed by atoms with van der Waals surface area (Å²) in [6.45, 7) is 19.5. The van der Waals surface area contributed by atoms with Gasteiger partial charge in [-0.05, 0) is 12.5 Å². The molecule has 31 heavy (non-hydrogen) atoms. The van der Waals surface area contributed by atoms with Crippen LogP contribution in [0.3, 0.4) is 0 Å². The lowest BCUT2D eigenvalue weighted by Crippen LogP contribution is -2.41. The lowest BCUT2D eigenvalue weighted by Gasteiger charge is -2.29. The Kier molecular flexibility index (Phi) is 8.95. The van der Waals surface area contributed by atoms with Gasteiger partial charge in [0, 0.05) is 69.2 Å². The average Bonchev–Trinajstić information content (AvgIpc) is 3.13. The zero-order valence-electron chi connectivity index (χ0n) is 20.0. The Morgan fingerprint density at radius 3 is 2.10 bits per heavy atom. The number of aromatic nitrogens is 1. The van der Waals surface area contributed by atoms with Crippen LogP contribution in [-0.4, -0.2) is 92.5 Å². The Morgan fingerprint density at radius 2 is 1.55 bits per heavy atom. The van der Waals surface area contributed by atoms with Crippen LogP contribution in [0.15, 0.2) is 6.07 Å². The summed E-state index contributed by atoms with van der Waals surface area (Å²) in [5.41, 5.74) is 3.28. The van der Waals surface area contributed by atoms with Crippen LogP contribution in [0.5, 0.6) is 0 Å². The molecule has 0 radical (unpaired) electrons. The van der Waals surface area contributed by atoms with Gasteiger partial charge in [-0.25, -0.2) is 0 Å². The maximum absolute atomic E-state index is 13.2. The maximum Gasteiger partial charge on any atom is 0.253 e. The number of hydrogen-bond acceptors (Lipinski definition) is 5. The monoisotopic (exact) mass is 434 g/mol. The van der Waals surface area contributed by atoms with Crippen molar-refractivity contribution in [1.29, 1.82) is 0 Å². The fraction of sp³-hybridized carbons (Fsp3) is 0.792. The van der Waals surface area contributed by atoms with Gasteiger partial charge in [0.1, 0.15) is 0 Å². The molecule has 3 heterocycles. The fourth-order valence-electron chi connectivity index (χ4n) is 4.48. The summed E-state index contributed by atoms with van der Waals surface area (Å²) < 4.78 is 13.3. The minimum absolute atomic E-state index is 0.0141. The molecule has 2 aliphatic rings. The first-order chi connectivity index (χ1) is 14.9. The smallest absolute Gasteiger partial charge is 0.253 e. The lowest BCUT2D eigenvalue weighted by atomic mass is 9.92. The zero-order chi connectivity index (χ0) is 22.3. The van der Waals surface area contributed by atoms with E-state index in [0.717, 1.165) is 90.6 Å². The first-order valence-corrected chi connectivity index (χ1v) is 12.0. The normalized spacial score (nSPS) is 19.0. The number of nitrogens with one attached hydrogen (secondary N) is 1. The van der Waals surface area contributed by atoms with Crippen molar-refractivity contribution < 1.29 is 14.3 Å². The van der Waals surface area contributed by atoms with Crippen molar-refractivity contribution in [3.05, 3.63) is 23.0 Å². The van der Waals surface area contributed by atoms with Gasteiger partial charge in [0.2, 0.25) is 0 Å². The first kappa shape index (κ1) is 24.2. The van der Waals surface area contributed by atoms with Gasteiger partial charge < -0.3 is 19.4 Å². The molecule has 1 aromatic heterocycles. The first-order valence-electron chi connectivity index (χ1n) is 12.0. The maximum atomic E-state index is 13.2. The number of rotatable bonds is 9. The Labute approximate surface area is 188 Å². The van der Waals surface area contributed by atoms with E-state index in [0.29, 0.717) is 6.54 Å². The SMILES string of the molecule is CCCc1c(C(=O)NCCN2CCOCC2)cc(C(C)(C)C)n1CCN1CCOCC1. The molecule has 3 rings (SSSR count). The van der Waals surface area contributed by atoms with Crippen LogP contribution in [0.4, 0.5) is 0 Å². The number of amides is 1. The Hall–Kier alpha value is -1.41. The quantitative estimate of drug-likeness (QED) is 0.645. The third-order valence-electron chi connectivity index (χ3n) is 6.27. The number of carbonyl (C=O) groups excluding carboxylic acids is 1. The zero-order valence-corrected chi connectivity index (χ0v) is 20.0. The van der Waals surface area contributed by atoms with Crippen LogP contribution in [0, 0.1) is 0 Å². The molecule has 1 amide bonds. The number of nitrogens with zero attached hydrogens (tertiary/aromatic N) is 3. The predicted molar refractivity (Wildman–Crippen MR) is 124 cm³/mol. The molecule has 176 valence electrons. The second-order valence-electron chi connectivity index (χ2n) is 9.71. The van der Waals surface area contributed by atoms with Gasteiger partial charge in [-0.3, -0.25) is 14.6 Å². The highest BCUT2D eigenvalue weighted by atomic mass is 16.5. The van der Waals surface area contributed by atoms with E-state index in [4.69, 9.17) is 9.47 Å². The van der Waals surface area contributed by atoms with Crippen molar-refractivity contribution in [1.82, 2.24) is 19.7 Å². The van der Waals surface area contributed by atoms with Crippen molar-refractivity contribution in [2.45, 2.75) is 52.5 Å². The molecule has 0 aromatic carbocycles. The van der Waals surface area contributed by atoms with Crippen LogP contribution < -0.4 is 5.32 Å².